The van der Waals surface area contributed by atoms with E-state index in [1.807, 2.05) is 25.7 Å². The molecule has 9 rings (SSSR count). The normalized spacial score (nSPS) is 26.3. The molecule has 4 aromatic rings. The highest BCUT2D eigenvalue weighted by Gasteiger charge is 2.55. The molecule has 2 aromatic heterocycles. The second kappa shape index (κ2) is 16.5. The van der Waals surface area contributed by atoms with E-state index >= 15 is 8.78 Å². The first kappa shape index (κ1) is 41.4. The molecule has 3 saturated heterocycles. The SMILES string of the molecule is C.CC.CCc1c(F)ccc2cc(O)cc(-c3ncc4c(N5CCOC[C@@](C)(O)C5)nc(OCC56CCCC5N(C5CC7(CCOCC7)C5)CCC6)nc4c3F)c12. The van der Waals surface area contributed by atoms with Crippen LogP contribution >= 0.6 is 0 Å². The second-order valence-corrected chi connectivity index (χ2v) is 17.0. The molecule has 57 heavy (non-hydrogen) atoms. The van der Waals surface area contributed by atoms with Crippen LogP contribution in [0.4, 0.5) is 14.6 Å². The van der Waals surface area contributed by atoms with E-state index < -0.39 is 17.2 Å². The van der Waals surface area contributed by atoms with Crippen LogP contribution in [0.5, 0.6) is 11.8 Å². The van der Waals surface area contributed by atoms with Crippen LogP contribution in [0, 0.1) is 22.5 Å². The van der Waals surface area contributed by atoms with Crippen molar-refractivity contribution in [1.82, 2.24) is 19.9 Å². The number of β-amino-alcohol motifs (C(OH)–C–C–N with tert-alkyl or cyclic N) is 1. The number of fused-ring (bicyclic) bond motifs is 3. The molecular weight excluding hydrogens is 729 g/mol. The van der Waals surface area contributed by atoms with Crippen molar-refractivity contribution < 1.29 is 33.2 Å². The molecule has 0 radical (unpaired) electrons. The molecule has 10 nitrogen and oxygen atoms in total. The smallest absolute Gasteiger partial charge is 0.319 e. The zero-order chi connectivity index (χ0) is 39.2. The molecule has 310 valence electrons. The third-order valence-electron chi connectivity index (χ3n) is 13.4. The lowest BCUT2D eigenvalue weighted by Gasteiger charge is -2.58. The number of phenolic OH excluding ortho intramolecular Hbond substituents is 1. The zero-order valence-electron chi connectivity index (χ0n) is 33.4. The molecule has 2 aromatic carbocycles. The number of phenols is 1. The number of aromatic nitrogens is 3. The zero-order valence-corrected chi connectivity index (χ0v) is 33.4. The summed E-state index contributed by atoms with van der Waals surface area (Å²) in [6.45, 7) is 12.0. The number of pyridine rings is 1. The highest BCUT2D eigenvalue weighted by atomic mass is 19.1. The summed E-state index contributed by atoms with van der Waals surface area (Å²) in [5, 5.41) is 23.3. The maximum absolute atomic E-state index is 17.2. The lowest BCUT2D eigenvalue weighted by atomic mass is 9.60. The van der Waals surface area contributed by atoms with Crippen molar-refractivity contribution in [3.05, 3.63) is 47.7 Å². The van der Waals surface area contributed by atoms with Gasteiger partial charge in [-0.1, -0.05) is 40.7 Å². The minimum Gasteiger partial charge on any atom is -0.508 e. The molecule has 0 amide bonds. The molecule has 12 heteroatoms. The van der Waals surface area contributed by atoms with Crippen molar-refractivity contribution in [3.8, 4) is 23.0 Å². The Morgan fingerprint density at radius 3 is 2.53 bits per heavy atom. The van der Waals surface area contributed by atoms with Crippen molar-refractivity contribution in [3.63, 3.8) is 0 Å². The predicted molar refractivity (Wildman–Crippen MR) is 220 cm³/mol. The number of halogens is 2. The lowest BCUT2D eigenvalue weighted by molar-refractivity contribution is -0.112. The van der Waals surface area contributed by atoms with E-state index in [1.54, 1.807) is 19.1 Å². The van der Waals surface area contributed by atoms with Gasteiger partial charge in [-0.15, -0.1) is 0 Å². The van der Waals surface area contributed by atoms with Crippen molar-refractivity contribution in [2.24, 2.45) is 10.8 Å². The van der Waals surface area contributed by atoms with E-state index in [0.29, 0.717) is 71.2 Å². The van der Waals surface area contributed by atoms with Gasteiger partial charge in [-0.05, 0) is 111 Å². The number of likely N-dealkylation sites (tertiary alicyclic amines) is 1. The molecular formula is C45H61F2N5O5. The van der Waals surface area contributed by atoms with E-state index in [9.17, 15) is 10.2 Å². The summed E-state index contributed by atoms with van der Waals surface area (Å²) in [6.07, 6.45) is 12.3. The Labute approximate surface area is 335 Å². The summed E-state index contributed by atoms with van der Waals surface area (Å²) in [5.74, 6) is -0.796. The highest BCUT2D eigenvalue weighted by Crippen LogP contribution is 2.56. The van der Waals surface area contributed by atoms with Gasteiger partial charge in [0.1, 0.15) is 34.2 Å². The standard InChI is InChI=1S/C42H51F2N5O5.C2H6.CH4/c1-3-29-32(43)8-7-26-18-28(50)19-30(34(26)29)36-35(44)37-31(22-45-36)38(48-14-17-53-24-40(2,51)23-48)47-39(46-37)54-25-42-9-4-6-33(42)49(13-5-10-42)27-20-41(21-27)11-15-52-16-12-41;1-2;/h7-8,18-19,22,27,33,50-51H,3-6,9-17,20-21,23-25H2,1-2H3;1-2H3;1H4/t33?,40-,42?;;/m0../s1. The quantitative estimate of drug-likeness (QED) is 0.189. The van der Waals surface area contributed by atoms with Gasteiger partial charge >= 0.3 is 6.01 Å². The molecule has 5 fully saturated rings. The number of ether oxygens (including phenoxy) is 3. The van der Waals surface area contributed by atoms with Crippen molar-refractivity contribution in [2.75, 3.05) is 57.6 Å². The average molecular weight is 790 g/mol. The predicted octanol–water partition coefficient (Wildman–Crippen LogP) is 8.61. The maximum atomic E-state index is 17.2. The van der Waals surface area contributed by atoms with Crippen LogP contribution in [0.3, 0.4) is 0 Å². The van der Waals surface area contributed by atoms with Crippen LogP contribution in [0.15, 0.2) is 30.5 Å². The number of aromatic hydroxyl groups is 1. The van der Waals surface area contributed by atoms with E-state index in [2.05, 4.69) is 9.88 Å². The first-order chi connectivity index (χ1) is 27.1. The van der Waals surface area contributed by atoms with Gasteiger partial charge in [-0.2, -0.15) is 9.97 Å². The molecule has 2 unspecified atom stereocenters. The Kier molecular flexibility index (Phi) is 12.0. The fourth-order valence-corrected chi connectivity index (χ4v) is 10.7. The summed E-state index contributed by atoms with van der Waals surface area (Å²) in [5.41, 5.74) is -0.108. The molecule has 0 bridgehead atoms. The molecule has 2 N–H and O–H groups in total. The van der Waals surface area contributed by atoms with Crippen molar-refractivity contribution in [1.29, 1.82) is 0 Å². The van der Waals surface area contributed by atoms with Crippen LogP contribution < -0.4 is 9.64 Å². The van der Waals surface area contributed by atoms with Crippen molar-refractivity contribution >= 4 is 27.5 Å². The second-order valence-electron chi connectivity index (χ2n) is 17.0. The summed E-state index contributed by atoms with van der Waals surface area (Å²) < 4.78 is 50.3. The molecule has 5 heterocycles. The fraction of sp³-hybridized carbons (Fsp3) is 0.622. The number of hydrogen-bond donors (Lipinski definition) is 2. The Hall–Kier alpha value is -3.71. The number of nitrogens with zero attached hydrogens (tertiary/aromatic N) is 5. The number of rotatable bonds is 7. The highest BCUT2D eigenvalue weighted by molar-refractivity contribution is 6.01. The van der Waals surface area contributed by atoms with Gasteiger partial charge < -0.3 is 29.3 Å². The van der Waals surface area contributed by atoms with Gasteiger partial charge in [0, 0.05) is 49.0 Å². The summed E-state index contributed by atoms with van der Waals surface area (Å²) in [7, 11) is 0. The number of piperidine rings is 1. The first-order valence-corrected chi connectivity index (χ1v) is 20.9. The lowest BCUT2D eigenvalue weighted by Crippen LogP contribution is -2.61. The Bertz CT molecular complexity index is 2070. The van der Waals surface area contributed by atoms with Gasteiger partial charge in [0.15, 0.2) is 5.82 Å². The number of benzene rings is 2. The van der Waals surface area contributed by atoms with Crippen molar-refractivity contribution in [2.45, 2.75) is 117 Å². The largest absolute Gasteiger partial charge is 0.508 e. The first-order valence-electron chi connectivity index (χ1n) is 20.9. The molecule has 5 aliphatic rings. The number of hydrogen-bond acceptors (Lipinski definition) is 10. The van der Waals surface area contributed by atoms with Gasteiger partial charge in [0.2, 0.25) is 0 Å². The van der Waals surface area contributed by atoms with E-state index in [4.69, 9.17) is 24.2 Å². The van der Waals surface area contributed by atoms with Crippen LogP contribution in [0.25, 0.3) is 32.9 Å². The third-order valence-corrected chi connectivity index (χ3v) is 13.4. The Morgan fingerprint density at radius 2 is 1.75 bits per heavy atom. The van der Waals surface area contributed by atoms with E-state index in [1.165, 1.54) is 44.0 Å². The monoisotopic (exact) mass is 789 g/mol. The van der Waals surface area contributed by atoms with E-state index in [-0.39, 0.29) is 54.5 Å². The van der Waals surface area contributed by atoms with Crippen LogP contribution in [0.2, 0.25) is 0 Å². The minimum absolute atomic E-state index is 0. The van der Waals surface area contributed by atoms with E-state index in [0.717, 1.165) is 51.9 Å². The number of anilines is 1. The van der Waals surface area contributed by atoms with Gasteiger partial charge in [-0.3, -0.25) is 9.88 Å². The maximum Gasteiger partial charge on any atom is 0.319 e. The third kappa shape index (κ3) is 7.67. The van der Waals surface area contributed by atoms with Crippen LogP contribution in [0.1, 0.15) is 98.5 Å². The summed E-state index contributed by atoms with van der Waals surface area (Å²) >= 11 is 0. The van der Waals surface area contributed by atoms with Crippen LogP contribution in [-0.4, -0.2) is 100 Å². The molecule has 2 aliphatic carbocycles. The van der Waals surface area contributed by atoms with Gasteiger partial charge in [0.05, 0.1) is 31.8 Å². The Balaban J connectivity index is 0.00000163. The fourth-order valence-electron chi connectivity index (χ4n) is 10.7. The Morgan fingerprint density at radius 1 is 0.982 bits per heavy atom. The van der Waals surface area contributed by atoms with Crippen LogP contribution in [-0.2, 0) is 15.9 Å². The van der Waals surface area contributed by atoms with Gasteiger partial charge in [-0.25, -0.2) is 8.78 Å². The summed E-state index contributed by atoms with van der Waals surface area (Å²) in [6, 6.07) is 7.02. The number of aryl methyl sites for hydroxylation is 1. The molecule has 3 atom stereocenters. The summed E-state index contributed by atoms with van der Waals surface area (Å²) in [4.78, 5) is 18.9. The molecule has 2 saturated carbocycles. The number of aliphatic hydroxyl groups is 1. The minimum atomic E-state index is -1.17. The molecule has 1 spiro atoms. The molecule has 3 aliphatic heterocycles. The van der Waals surface area contributed by atoms with Gasteiger partial charge in [0.25, 0.3) is 0 Å². The average Bonchev–Trinajstić information content (AvgIpc) is 3.54. The topological polar surface area (TPSA) is 113 Å².